The quantitative estimate of drug-likeness (QED) is 0.351. The summed E-state index contributed by atoms with van der Waals surface area (Å²) in [5.74, 6) is 0.968. The molecule has 0 heterocycles. The molecule has 33 heavy (non-hydrogen) atoms. The van der Waals surface area contributed by atoms with Crippen LogP contribution in [0.5, 0.6) is 0 Å². The van der Waals surface area contributed by atoms with Crippen LogP contribution in [0.2, 0.25) is 0 Å². The summed E-state index contributed by atoms with van der Waals surface area (Å²) in [6.07, 6.45) is 1.99. The summed E-state index contributed by atoms with van der Waals surface area (Å²) in [5.41, 5.74) is 14.9. The largest absolute Gasteiger partial charge is 0.402 e. The molecule has 0 aliphatic heterocycles. The lowest BCUT2D eigenvalue weighted by molar-refractivity contribution is 1.14. The van der Waals surface area contributed by atoms with Crippen molar-refractivity contribution in [3.8, 4) is 0 Å². The zero-order valence-corrected chi connectivity index (χ0v) is 20.6. The van der Waals surface area contributed by atoms with Crippen LogP contribution in [0, 0.1) is 0 Å². The van der Waals surface area contributed by atoms with Crippen molar-refractivity contribution in [1.82, 2.24) is 5.32 Å². The minimum Gasteiger partial charge on any atom is -0.402 e. The average Bonchev–Trinajstić information content (AvgIpc) is 3.19. The average molecular weight is 440 g/mol. The summed E-state index contributed by atoms with van der Waals surface area (Å²) in [5, 5.41) is 2.86. The van der Waals surface area contributed by atoms with E-state index in [0.717, 1.165) is 24.4 Å². The molecule has 1 aliphatic rings. The SMILES string of the molecule is CC1=C(N)CC(c2ccccc2)=C1c1ccccc1.CCc1ccccc1.CN=C(C)NC. The molecule has 3 heteroatoms. The van der Waals surface area contributed by atoms with E-state index in [1.54, 1.807) is 7.05 Å². The van der Waals surface area contributed by atoms with Crippen molar-refractivity contribution in [2.24, 2.45) is 10.7 Å². The maximum Gasteiger partial charge on any atom is 0.0925 e. The number of benzene rings is 3. The van der Waals surface area contributed by atoms with Gasteiger partial charge in [0.15, 0.2) is 0 Å². The standard InChI is InChI=1S/C18H17N.C8H10.C4H10N2/c1-13-17(19)12-16(14-8-4-2-5-9-14)18(13)15-10-6-3-7-11-15;1-2-8-6-4-3-5-7-8;1-4(5-2)6-3/h2-11H,12,19H2,1H3;3-7H,2H2,1H3;1-3H3,(H,5,6). The van der Waals surface area contributed by atoms with Crippen LogP contribution < -0.4 is 11.1 Å². The van der Waals surface area contributed by atoms with Crippen LogP contribution in [-0.4, -0.2) is 19.9 Å². The Bertz CT molecular complexity index is 1060. The Labute approximate surface area is 199 Å². The third-order valence-electron chi connectivity index (χ3n) is 5.66. The third kappa shape index (κ3) is 7.80. The highest BCUT2D eigenvalue weighted by atomic mass is 14.9. The number of nitrogens with two attached hydrogens (primary N) is 1. The number of nitrogens with zero attached hydrogens (tertiary/aromatic N) is 1. The molecule has 0 fully saturated rings. The van der Waals surface area contributed by atoms with Gasteiger partial charge >= 0.3 is 0 Å². The molecule has 3 N–H and O–H groups in total. The van der Waals surface area contributed by atoms with Gasteiger partial charge in [-0.2, -0.15) is 0 Å². The normalized spacial score (nSPS) is 13.1. The molecule has 0 saturated heterocycles. The van der Waals surface area contributed by atoms with E-state index in [2.05, 4.69) is 97.0 Å². The van der Waals surface area contributed by atoms with Crippen molar-refractivity contribution in [3.63, 3.8) is 0 Å². The molecular weight excluding hydrogens is 402 g/mol. The van der Waals surface area contributed by atoms with Crippen LogP contribution in [0.4, 0.5) is 0 Å². The Balaban J connectivity index is 0.000000227. The highest BCUT2D eigenvalue weighted by molar-refractivity contribution is 6.02. The van der Waals surface area contributed by atoms with Gasteiger partial charge in [0.2, 0.25) is 0 Å². The van der Waals surface area contributed by atoms with Gasteiger partial charge in [0.05, 0.1) is 5.84 Å². The second-order valence-electron chi connectivity index (χ2n) is 7.81. The molecule has 0 radical (unpaired) electrons. The van der Waals surface area contributed by atoms with Gasteiger partial charge in [-0.15, -0.1) is 0 Å². The Morgan fingerprint density at radius 2 is 1.33 bits per heavy atom. The number of hydrogen-bond donors (Lipinski definition) is 2. The third-order valence-corrected chi connectivity index (χ3v) is 5.66. The number of aliphatic imine (C=N–C) groups is 1. The highest BCUT2D eigenvalue weighted by Gasteiger charge is 2.21. The number of rotatable bonds is 3. The van der Waals surface area contributed by atoms with E-state index in [1.807, 2.05) is 32.2 Å². The van der Waals surface area contributed by atoms with E-state index in [-0.39, 0.29) is 0 Å². The number of allylic oxidation sites excluding steroid dienone is 3. The van der Waals surface area contributed by atoms with Crippen LogP contribution in [0.3, 0.4) is 0 Å². The predicted octanol–water partition coefficient (Wildman–Crippen LogP) is 6.74. The molecule has 172 valence electrons. The van der Waals surface area contributed by atoms with Gasteiger partial charge in [0, 0.05) is 26.2 Å². The zero-order valence-electron chi connectivity index (χ0n) is 20.6. The number of amidine groups is 1. The minimum absolute atomic E-state index is 0.847. The molecule has 3 aromatic carbocycles. The Morgan fingerprint density at radius 1 is 0.848 bits per heavy atom. The van der Waals surface area contributed by atoms with E-state index in [1.165, 1.54) is 33.4 Å². The van der Waals surface area contributed by atoms with E-state index < -0.39 is 0 Å². The molecule has 0 aromatic heterocycles. The fourth-order valence-electron chi connectivity index (χ4n) is 3.51. The van der Waals surface area contributed by atoms with Crippen molar-refractivity contribution >= 4 is 17.0 Å². The number of hydrogen-bond acceptors (Lipinski definition) is 2. The number of aryl methyl sites for hydroxylation is 1. The van der Waals surface area contributed by atoms with Crippen molar-refractivity contribution < 1.29 is 0 Å². The molecule has 0 spiro atoms. The first-order valence-electron chi connectivity index (χ1n) is 11.5. The lowest BCUT2D eigenvalue weighted by atomic mass is 9.94. The van der Waals surface area contributed by atoms with Crippen molar-refractivity contribution in [3.05, 3.63) is 119 Å². The Hall–Kier alpha value is -3.59. The number of nitrogens with one attached hydrogen (secondary N) is 1. The molecule has 3 aromatic rings. The fourth-order valence-corrected chi connectivity index (χ4v) is 3.51. The molecular formula is C30H37N3. The van der Waals surface area contributed by atoms with Gasteiger partial charge in [-0.1, -0.05) is 97.9 Å². The molecule has 0 bridgehead atoms. The monoisotopic (exact) mass is 439 g/mol. The van der Waals surface area contributed by atoms with E-state index >= 15 is 0 Å². The zero-order chi connectivity index (χ0) is 24.1. The summed E-state index contributed by atoms with van der Waals surface area (Å²) < 4.78 is 0. The first-order valence-corrected chi connectivity index (χ1v) is 11.5. The summed E-state index contributed by atoms with van der Waals surface area (Å²) >= 11 is 0. The predicted molar refractivity (Wildman–Crippen MR) is 145 cm³/mol. The highest BCUT2D eigenvalue weighted by Crippen LogP contribution is 2.41. The molecule has 0 amide bonds. The first kappa shape index (κ1) is 25.7. The lowest BCUT2D eigenvalue weighted by Crippen LogP contribution is -2.12. The first-order chi connectivity index (χ1) is 16.0. The Kier molecular flexibility index (Phi) is 10.7. The van der Waals surface area contributed by atoms with Crippen LogP contribution in [-0.2, 0) is 6.42 Å². The second-order valence-corrected chi connectivity index (χ2v) is 7.81. The summed E-state index contributed by atoms with van der Waals surface area (Å²) in [6.45, 7) is 6.20. The van der Waals surface area contributed by atoms with E-state index in [0.29, 0.717) is 0 Å². The van der Waals surface area contributed by atoms with Crippen LogP contribution in [0.1, 0.15) is 43.9 Å². The second kappa shape index (κ2) is 13.7. The van der Waals surface area contributed by atoms with Crippen molar-refractivity contribution in [2.75, 3.05) is 14.1 Å². The maximum atomic E-state index is 6.17. The molecule has 4 rings (SSSR count). The van der Waals surface area contributed by atoms with Crippen molar-refractivity contribution in [2.45, 2.75) is 33.6 Å². The van der Waals surface area contributed by atoms with Gasteiger partial charge in [-0.25, -0.2) is 0 Å². The summed E-state index contributed by atoms with van der Waals surface area (Å²) in [6, 6.07) is 31.5. The van der Waals surface area contributed by atoms with Gasteiger partial charge in [0.25, 0.3) is 0 Å². The van der Waals surface area contributed by atoms with Gasteiger partial charge < -0.3 is 11.1 Å². The topological polar surface area (TPSA) is 50.4 Å². The smallest absolute Gasteiger partial charge is 0.0925 e. The molecule has 0 atom stereocenters. The van der Waals surface area contributed by atoms with Crippen LogP contribution in [0.25, 0.3) is 11.1 Å². The maximum absolute atomic E-state index is 6.17. The van der Waals surface area contributed by atoms with Crippen LogP contribution in [0.15, 0.2) is 107 Å². The van der Waals surface area contributed by atoms with E-state index in [4.69, 9.17) is 5.73 Å². The minimum atomic E-state index is 0.847. The fraction of sp³-hybridized carbons (Fsp3) is 0.233. The summed E-state index contributed by atoms with van der Waals surface area (Å²) in [7, 11) is 3.61. The van der Waals surface area contributed by atoms with Gasteiger partial charge in [-0.05, 0) is 53.7 Å². The van der Waals surface area contributed by atoms with Crippen molar-refractivity contribution in [1.29, 1.82) is 0 Å². The lowest BCUT2D eigenvalue weighted by Gasteiger charge is -2.10. The summed E-state index contributed by atoms with van der Waals surface area (Å²) in [4.78, 5) is 3.81. The van der Waals surface area contributed by atoms with Gasteiger partial charge in [0.1, 0.15) is 0 Å². The molecule has 1 aliphatic carbocycles. The van der Waals surface area contributed by atoms with Crippen LogP contribution >= 0.6 is 0 Å². The molecule has 0 unspecified atom stereocenters. The Morgan fingerprint density at radius 3 is 1.73 bits per heavy atom. The van der Waals surface area contributed by atoms with E-state index in [9.17, 15) is 0 Å². The molecule has 0 saturated carbocycles. The molecule has 3 nitrogen and oxygen atoms in total. The van der Waals surface area contributed by atoms with Gasteiger partial charge in [-0.3, -0.25) is 4.99 Å².